The average Bonchev–Trinajstić information content (AvgIpc) is 3.43. The van der Waals surface area contributed by atoms with Gasteiger partial charge in [-0.2, -0.15) is 0 Å². The van der Waals surface area contributed by atoms with Crippen LogP contribution in [0.4, 0.5) is 16.2 Å². The van der Waals surface area contributed by atoms with Crippen LogP contribution in [0, 0.1) is 0 Å². The summed E-state index contributed by atoms with van der Waals surface area (Å²) in [5.41, 5.74) is 11.0. The number of nitrogens with zero attached hydrogens (tertiary/aromatic N) is 1. The first-order valence-electron chi connectivity index (χ1n) is 12.9. The van der Waals surface area contributed by atoms with E-state index in [2.05, 4.69) is 16.0 Å². The van der Waals surface area contributed by atoms with Crippen molar-refractivity contribution in [2.45, 2.75) is 63.2 Å². The van der Waals surface area contributed by atoms with Gasteiger partial charge in [0.15, 0.2) is 0 Å². The first-order chi connectivity index (χ1) is 17.5. The summed E-state index contributed by atoms with van der Waals surface area (Å²) in [6.07, 6.45) is 5.95. The van der Waals surface area contributed by atoms with Gasteiger partial charge in [-0.1, -0.05) is 12.1 Å². The molecule has 6 rings (SSSR count). The fraction of sp³-hybridized carbons (Fsp3) is 0.464. The van der Waals surface area contributed by atoms with E-state index in [1.807, 2.05) is 43.3 Å². The van der Waals surface area contributed by atoms with Gasteiger partial charge in [0.2, 0.25) is 0 Å². The van der Waals surface area contributed by atoms with Gasteiger partial charge in [-0.15, -0.1) is 0 Å². The van der Waals surface area contributed by atoms with Gasteiger partial charge in [0.25, 0.3) is 0 Å². The number of anilines is 2. The molecule has 2 aromatic carbocycles. The maximum atomic E-state index is 12.3. The van der Waals surface area contributed by atoms with Crippen LogP contribution in [0.25, 0.3) is 22.2 Å². The molecule has 1 aliphatic heterocycles. The quantitative estimate of drug-likeness (QED) is 0.430. The fourth-order valence-corrected chi connectivity index (χ4v) is 5.24. The third-order valence-electron chi connectivity index (χ3n) is 7.74. The summed E-state index contributed by atoms with van der Waals surface area (Å²) in [6, 6.07) is 14.3. The maximum Gasteiger partial charge on any atom is 0.412 e. The van der Waals surface area contributed by atoms with Crippen LogP contribution >= 0.6 is 0 Å². The largest absolute Gasteiger partial charge is 0.491 e. The number of carbonyl (C=O) groups is 1. The Bertz CT molecular complexity index is 1250. The van der Waals surface area contributed by atoms with Crippen LogP contribution < -0.4 is 15.8 Å². The maximum absolute atomic E-state index is 12.3. The lowest BCUT2D eigenvalue weighted by molar-refractivity contribution is -0.0256. The summed E-state index contributed by atoms with van der Waals surface area (Å²) < 4.78 is 24.7. The second kappa shape index (κ2) is 9.33. The highest BCUT2D eigenvalue weighted by molar-refractivity contribution is 6.01. The van der Waals surface area contributed by atoms with Crippen molar-refractivity contribution in [3.05, 3.63) is 42.5 Å². The van der Waals surface area contributed by atoms with E-state index in [4.69, 9.17) is 24.7 Å². The van der Waals surface area contributed by atoms with Crippen molar-refractivity contribution in [3.8, 4) is 17.0 Å². The molecule has 2 heterocycles. The number of fused-ring (bicyclic) bond motifs is 1. The molecule has 2 saturated carbocycles. The monoisotopic (exact) mass is 491 g/mol. The lowest BCUT2D eigenvalue weighted by Crippen LogP contribution is -2.39. The van der Waals surface area contributed by atoms with Crippen molar-refractivity contribution in [1.82, 2.24) is 4.57 Å². The topological polar surface area (TPSA) is 97.0 Å². The molecule has 8 nitrogen and oxygen atoms in total. The zero-order chi connectivity index (χ0) is 24.7. The highest BCUT2D eigenvalue weighted by Crippen LogP contribution is 2.45. The van der Waals surface area contributed by atoms with Crippen molar-refractivity contribution < 1.29 is 23.7 Å². The van der Waals surface area contributed by atoms with E-state index in [0.717, 1.165) is 65.7 Å². The second-order valence-electron chi connectivity index (χ2n) is 10.4. The normalized spacial score (nSPS) is 21.1. The molecule has 0 spiro atoms. The molecular formula is C28H33N3O5. The molecule has 1 saturated heterocycles. The van der Waals surface area contributed by atoms with Crippen molar-refractivity contribution in [2.24, 2.45) is 0 Å². The predicted octanol–water partition coefficient (Wildman–Crippen LogP) is 5.86. The highest BCUT2D eigenvalue weighted by atomic mass is 16.7. The number of nitrogens with two attached hydrogens (primary N) is 1. The predicted molar refractivity (Wildman–Crippen MR) is 138 cm³/mol. The summed E-state index contributed by atoms with van der Waals surface area (Å²) in [4.78, 5) is 12.3. The third kappa shape index (κ3) is 4.40. The number of benzene rings is 2. The minimum atomic E-state index is -0.407. The van der Waals surface area contributed by atoms with Crippen LogP contribution in [0.3, 0.4) is 0 Å². The Labute approximate surface area is 210 Å². The van der Waals surface area contributed by atoms with E-state index in [9.17, 15) is 4.79 Å². The molecule has 1 atom stereocenters. The first-order valence-corrected chi connectivity index (χ1v) is 12.9. The van der Waals surface area contributed by atoms with Gasteiger partial charge in [0.1, 0.15) is 30.9 Å². The average molecular weight is 492 g/mol. The number of amides is 1. The van der Waals surface area contributed by atoms with Crippen molar-refractivity contribution in [3.63, 3.8) is 0 Å². The van der Waals surface area contributed by atoms with Gasteiger partial charge >= 0.3 is 6.09 Å². The standard InChI is InChI=1S/C28H33N3O5/c1-28(12-3-13-28)36-27(32)30-19-8-6-18(7-9-19)26-25(29)23-11-10-21(34-16-22-15-33-17-35-22)14-24(23)31(26)20-4-2-5-20/h6-11,14,20,22H,2-5,12-13,15-17,29H2,1H3,(H,30,32). The number of ether oxygens (including phenoxy) is 4. The Morgan fingerprint density at radius 3 is 2.61 bits per heavy atom. The minimum absolute atomic E-state index is 0.0410. The summed E-state index contributed by atoms with van der Waals surface area (Å²) >= 11 is 0. The van der Waals surface area contributed by atoms with Crippen molar-refractivity contribution in [1.29, 1.82) is 0 Å². The highest BCUT2D eigenvalue weighted by Gasteiger charge is 2.35. The van der Waals surface area contributed by atoms with Crippen molar-refractivity contribution >= 4 is 28.4 Å². The Kier molecular flexibility index (Phi) is 6.01. The van der Waals surface area contributed by atoms with Gasteiger partial charge in [-0.05, 0) is 69.7 Å². The molecule has 0 radical (unpaired) electrons. The SMILES string of the molecule is CC1(OC(=O)Nc2ccc(-c3c(N)c4ccc(OCC5COCO5)cc4n3C3CCC3)cc2)CCC1. The van der Waals surface area contributed by atoms with E-state index >= 15 is 0 Å². The van der Waals surface area contributed by atoms with Gasteiger partial charge < -0.3 is 29.2 Å². The van der Waals surface area contributed by atoms with Crippen LogP contribution in [-0.4, -0.2) is 42.4 Å². The molecule has 3 aliphatic rings. The number of rotatable bonds is 7. The van der Waals surface area contributed by atoms with Gasteiger partial charge in [-0.3, -0.25) is 5.32 Å². The first kappa shape index (κ1) is 23.2. The van der Waals surface area contributed by atoms with E-state index in [1.54, 1.807) is 0 Å². The van der Waals surface area contributed by atoms with E-state index in [1.165, 1.54) is 6.42 Å². The zero-order valence-corrected chi connectivity index (χ0v) is 20.6. The van der Waals surface area contributed by atoms with Gasteiger partial charge in [-0.25, -0.2) is 4.79 Å². The van der Waals surface area contributed by atoms with Gasteiger partial charge in [0, 0.05) is 28.7 Å². The molecule has 190 valence electrons. The molecule has 1 aromatic heterocycles. The van der Waals surface area contributed by atoms with Crippen LogP contribution in [0.1, 0.15) is 51.5 Å². The number of aromatic nitrogens is 1. The summed E-state index contributed by atoms with van der Waals surface area (Å²) in [7, 11) is 0. The van der Waals surface area contributed by atoms with E-state index < -0.39 is 6.09 Å². The molecule has 1 unspecified atom stereocenters. The molecule has 3 N–H and O–H groups in total. The van der Waals surface area contributed by atoms with E-state index in [-0.39, 0.29) is 11.7 Å². The Morgan fingerprint density at radius 1 is 1.17 bits per heavy atom. The number of nitrogen functional groups attached to an aromatic ring is 1. The lowest BCUT2D eigenvalue weighted by atomic mass is 9.82. The molecular weight excluding hydrogens is 458 g/mol. The van der Waals surface area contributed by atoms with Crippen LogP contribution in [-0.2, 0) is 14.2 Å². The number of hydrogen-bond acceptors (Lipinski definition) is 6. The number of nitrogens with one attached hydrogen (secondary N) is 1. The number of hydrogen-bond donors (Lipinski definition) is 2. The van der Waals surface area contributed by atoms with Crippen LogP contribution in [0.15, 0.2) is 42.5 Å². The molecule has 2 aliphatic carbocycles. The zero-order valence-electron chi connectivity index (χ0n) is 20.6. The van der Waals surface area contributed by atoms with Gasteiger partial charge in [0.05, 0.1) is 23.5 Å². The fourth-order valence-electron chi connectivity index (χ4n) is 5.24. The molecule has 1 amide bonds. The molecule has 0 bridgehead atoms. The number of carbonyl (C=O) groups excluding carboxylic acids is 1. The Morgan fingerprint density at radius 2 is 1.97 bits per heavy atom. The molecule has 3 fully saturated rings. The smallest absolute Gasteiger partial charge is 0.412 e. The third-order valence-corrected chi connectivity index (χ3v) is 7.74. The van der Waals surface area contributed by atoms with Crippen molar-refractivity contribution in [2.75, 3.05) is 31.1 Å². The van der Waals surface area contributed by atoms with Crippen LogP contribution in [0.2, 0.25) is 0 Å². The molecule has 3 aromatic rings. The Hall–Kier alpha value is -3.23. The Balaban J connectivity index is 1.26. The lowest BCUT2D eigenvalue weighted by Gasteiger charge is -2.37. The summed E-state index contributed by atoms with van der Waals surface area (Å²) in [5.74, 6) is 0.792. The van der Waals surface area contributed by atoms with E-state index in [0.29, 0.717) is 31.7 Å². The minimum Gasteiger partial charge on any atom is -0.491 e. The second-order valence-corrected chi connectivity index (χ2v) is 10.4. The van der Waals surface area contributed by atoms with Crippen LogP contribution in [0.5, 0.6) is 5.75 Å². The molecule has 8 heteroatoms. The summed E-state index contributed by atoms with van der Waals surface area (Å²) in [6.45, 7) is 3.31. The summed E-state index contributed by atoms with van der Waals surface area (Å²) in [5, 5.41) is 3.87. The molecule has 36 heavy (non-hydrogen) atoms.